The van der Waals surface area contributed by atoms with Crippen LogP contribution < -0.4 is 10.2 Å². The Morgan fingerprint density at radius 3 is 2.67 bits per heavy atom. The molecule has 1 saturated heterocycles. The molecular formula is C15H20ClFN2O2. The summed E-state index contributed by atoms with van der Waals surface area (Å²) >= 11 is 5.40. The van der Waals surface area contributed by atoms with Gasteiger partial charge in [-0.25, -0.2) is 4.39 Å². The van der Waals surface area contributed by atoms with Crippen molar-refractivity contribution in [3.05, 3.63) is 29.6 Å². The summed E-state index contributed by atoms with van der Waals surface area (Å²) in [6, 6.07) is 5.02. The van der Waals surface area contributed by atoms with E-state index in [1.54, 1.807) is 6.07 Å². The zero-order valence-corrected chi connectivity index (χ0v) is 13.0. The van der Waals surface area contributed by atoms with Gasteiger partial charge >= 0.3 is 0 Å². The molecule has 1 aromatic carbocycles. The van der Waals surface area contributed by atoms with Crippen LogP contribution in [-0.4, -0.2) is 37.1 Å². The predicted octanol–water partition coefficient (Wildman–Crippen LogP) is 2.29. The normalized spacial score (nSPS) is 22.2. The van der Waals surface area contributed by atoms with Crippen LogP contribution in [0, 0.1) is 5.82 Å². The number of halogens is 2. The van der Waals surface area contributed by atoms with Gasteiger partial charge in [-0.15, -0.1) is 11.6 Å². The third-order valence-electron chi connectivity index (χ3n) is 3.38. The lowest BCUT2D eigenvalue weighted by molar-refractivity contribution is -0.118. The monoisotopic (exact) mass is 314 g/mol. The van der Waals surface area contributed by atoms with E-state index in [2.05, 4.69) is 5.32 Å². The third-order valence-corrected chi connectivity index (χ3v) is 3.63. The summed E-state index contributed by atoms with van der Waals surface area (Å²) < 4.78 is 19.9. The van der Waals surface area contributed by atoms with Crippen LogP contribution in [0.2, 0.25) is 0 Å². The molecule has 1 N–H and O–H groups in total. The Hall–Kier alpha value is -1.33. The number of morpholine rings is 1. The van der Waals surface area contributed by atoms with Gasteiger partial charge in [-0.2, -0.15) is 0 Å². The number of ether oxygens (including phenoxy) is 1. The maximum atomic E-state index is 14.3. The van der Waals surface area contributed by atoms with E-state index in [-0.39, 0.29) is 36.4 Å². The van der Waals surface area contributed by atoms with Crippen molar-refractivity contribution in [2.75, 3.05) is 23.9 Å². The highest BCUT2D eigenvalue weighted by Gasteiger charge is 2.24. The van der Waals surface area contributed by atoms with E-state index in [1.165, 1.54) is 6.07 Å². The SMILES string of the molecule is C[C@@H]1CN(c2ccc(CNC(=O)CCl)cc2F)C[C@H](C)O1. The summed E-state index contributed by atoms with van der Waals surface area (Å²) in [5, 5.41) is 2.62. The van der Waals surface area contributed by atoms with Gasteiger partial charge in [-0.1, -0.05) is 6.07 Å². The lowest BCUT2D eigenvalue weighted by Gasteiger charge is -2.37. The molecule has 0 unspecified atom stereocenters. The first-order valence-corrected chi connectivity index (χ1v) is 7.54. The molecule has 1 aliphatic rings. The van der Waals surface area contributed by atoms with Gasteiger partial charge in [0, 0.05) is 19.6 Å². The highest BCUT2D eigenvalue weighted by molar-refractivity contribution is 6.27. The number of alkyl halides is 1. The summed E-state index contributed by atoms with van der Waals surface area (Å²) in [6.07, 6.45) is 0.159. The lowest BCUT2D eigenvalue weighted by atomic mass is 10.1. The van der Waals surface area contributed by atoms with E-state index in [0.29, 0.717) is 24.3 Å². The minimum atomic E-state index is -0.283. The topological polar surface area (TPSA) is 41.6 Å². The first-order valence-electron chi connectivity index (χ1n) is 7.01. The number of carbonyl (C=O) groups excluding carboxylic acids is 1. The summed E-state index contributed by atoms with van der Waals surface area (Å²) in [5.41, 5.74) is 1.29. The Bertz CT molecular complexity index is 502. The molecular weight excluding hydrogens is 295 g/mol. The fourth-order valence-corrected chi connectivity index (χ4v) is 2.63. The van der Waals surface area contributed by atoms with Crippen molar-refractivity contribution in [1.82, 2.24) is 5.32 Å². The highest BCUT2D eigenvalue weighted by Crippen LogP contribution is 2.24. The maximum absolute atomic E-state index is 14.3. The summed E-state index contributed by atoms with van der Waals surface area (Å²) in [4.78, 5) is 13.1. The van der Waals surface area contributed by atoms with E-state index in [0.717, 1.165) is 0 Å². The summed E-state index contributed by atoms with van der Waals surface area (Å²) in [6.45, 7) is 5.58. The lowest BCUT2D eigenvalue weighted by Crippen LogP contribution is -2.45. The number of benzene rings is 1. The number of rotatable bonds is 4. The predicted molar refractivity (Wildman–Crippen MR) is 81.2 cm³/mol. The fraction of sp³-hybridized carbons (Fsp3) is 0.533. The van der Waals surface area contributed by atoms with Gasteiger partial charge in [0.2, 0.25) is 5.91 Å². The van der Waals surface area contributed by atoms with Crippen molar-refractivity contribution in [3.8, 4) is 0 Å². The smallest absolute Gasteiger partial charge is 0.235 e. The zero-order valence-electron chi connectivity index (χ0n) is 12.2. The molecule has 6 heteroatoms. The van der Waals surface area contributed by atoms with E-state index in [1.807, 2.05) is 24.8 Å². The van der Waals surface area contributed by atoms with Crippen LogP contribution in [0.1, 0.15) is 19.4 Å². The van der Waals surface area contributed by atoms with Gasteiger partial charge in [0.1, 0.15) is 11.7 Å². The molecule has 0 spiro atoms. The quantitative estimate of drug-likeness (QED) is 0.867. The molecule has 1 aromatic rings. The first-order chi connectivity index (χ1) is 9.99. The second-order valence-electron chi connectivity index (χ2n) is 5.36. The van der Waals surface area contributed by atoms with Crippen LogP contribution in [0.3, 0.4) is 0 Å². The van der Waals surface area contributed by atoms with Crippen LogP contribution in [0.15, 0.2) is 18.2 Å². The number of nitrogens with zero attached hydrogens (tertiary/aromatic N) is 1. The van der Waals surface area contributed by atoms with Crippen molar-refractivity contribution < 1.29 is 13.9 Å². The molecule has 1 aliphatic heterocycles. The van der Waals surface area contributed by atoms with E-state index in [9.17, 15) is 9.18 Å². The van der Waals surface area contributed by atoms with Crippen LogP contribution in [-0.2, 0) is 16.1 Å². The standard InChI is InChI=1S/C15H20ClFN2O2/c1-10-8-19(9-11(2)21-10)14-4-3-12(5-13(14)17)7-18-15(20)6-16/h3-5,10-11H,6-9H2,1-2H3,(H,18,20)/t10-,11+. The molecule has 0 aromatic heterocycles. The minimum Gasteiger partial charge on any atom is -0.372 e. The molecule has 2 rings (SSSR count). The van der Waals surface area contributed by atoms with Crippen molar-refractivity contribution in [2.45, 2.75) is 32.6 Å². The Balaban J connectivity index is 2.06. The van der Waals surface area contributed by atoms with Gasteiger partial charge in [-0.3, -0.25) is 4.79 Å². The largest absolute Gasteiger partial charge is 0.372 e. The second kappa shape index (κ2) is 7.09. The van der Waals surface area contributed by atoms with Gasteiger partial charge in [0.15, 0.2) is 0 Å². The van der Waals surface area contributed by atoms with Crippen LogP contribution in [0.5, 0.6) is 0 Å². The van der Waals surface area contributed by atoms with Crippen molar-refractivity contribution in [3.63, 3.8) is 0 Å². The number of hydrogen-bond donors (Lipinski definition) is 1. The summed E-state index contributed by atoms with van der Waals surface area (Å²) in [5.74, 6) is -0.643. The number of hydrogen-bond acceptors (Lipinski definition) is 3. The molecule has 0 bridgehead atoms. The second-order valence-corrected chi connectivity index (χ2v) is 5.63. The Morgan fingerprint density at radius 1 is 1.43 bits per heavy atom. The maximum Gasteiger partial charge on any atom is 0.235 e. The van der Waals surface area contributed by atoms with Gasteiger partial charge < -0.3 is 15.0 Å². The van der Waals surface area contributed by atoms with Crippen molar-refractivity contribution in [2.24, 2.45) is 0 Å². The van der Waals surface area contributed by atoms with Gasteiger partial charge in [-0.05, 0) is 31.5 Å². The molecule has 116 valence electrons. The first kappa shape index (κ1) is 16.0. The molecule has 4 nitrogen and oxygen atoms in total. The van der Waals surface area contributed by atoms with Crippen LogP contribution in [0.25, 0.3) is 0 Å². The molecule has 1 fully saturated rings. The molecule has 0 saturated carbocycles. The molecule has 1 amide bonds. The average molecular weight is 315 g/mol. The number of nitrogens with one attached hydrogen (secondary N) is 1. The molecule has 1 heterocycles. The van der Waals surface area contributed by atoms with Gasteiger partial charge in [0.05, 0.1) is 17.9 Å². The highest BCUT2D eigenvalue weighted by atomic mass is 35.5. The number of carbonyl (C=O) groups is 1. The minimum absolute atomic E-state index is 0.0795. The van der Waals surface area contributed by atoms with Crippen LogP contribution in [0.4, 0.5) is 10.1 Å². The Labute approximate surface area is 129 Å². The molecule has 2 atom stereocenters. The van der Waals surface area contributed by atoms with E-state index in [4.69, 9.17) is 16.3 Å². The third kappa shape index (κ3) is 4.32. The van der Waals surface area contributed by atoms with Crippen LogP contribution >= 0.6 is 11.6 Å². The molecule has 21 heavy (non-hydrogen) atoms. The van der Waals surface area contributed by atoms with E-state index >= 15 is 0 Å². The summed E-state index contributed by atoms with van der Waals surface area (Å²) in [7, 11) is 0. The Kier molecular flexibility index (Phi) is 5.42. The fourth-order valence-electron chi connectivity index (χ4n) is 2.54. The Morgan fingerprint density at radius 2 is 2.10 bits per heavy atom. The van der Waals surface area contributed by atoms with Crippen molar-refractivity contribution >= 4 is 23.2 Å². The van der Waals surface area contributed by atoms with Gasteiger partial charge in [0.25, 0.3) is 0 Å². The van der Waals surface area contributed by atoms with Crippen molar-refractivity contribution in [1.29, 1.82) is 0 Å². The van der Waals surface area contributed by atoms with E-state index < -0.39 is 0 Å². The number of amides is 1. The molecule has 0 aliphatic carbocycles. The number of anilines is 1. The molecule has 0 radical (unpaired) electrons. The average Bonchev–Trinajstić information content (AvgIpc) is 2.43. The zero-order chi connectivity index (χ0) is 15.4.